The molecular formula is C26H31N7O2. The average molecular weight is 474 g/mol. The predicted molar refractivity (Wildman–Crippen MR) is 135 cm³/mol. The number of benzene rings is 1. The molecule has 182 valence electrons. The van der Waals surface area contributed by atoms with Crippen molar-refractivity contribution in [1.29, 1.82) is 0 Å². The van der Waals surface area contributed by atoms with Crippen LogP contribution < -0.4 is 20.9 Å². The number of hydrogen-bond donors (Lipinski definition) is 2. The first-order valence-corrected chi connectivity index (χ1v) is 12.3. The fourth-order valence-electron chi connectivity index (χ4n) is 5.32. The highest BCUT2D eigenvalue weighted by atomic mass is 16.2. The van der Waals surface area contributed by atoms with Crippen molar-refractivity contribution in [2.45, 2.75) is 57.5 Å². The maximum Gasteiger partial charge on any atom is 0.298 e. The van der Waals surface area contributed by atoms with E-state index in [-0.39, 0.29) is 23.9 Å². The van der Waals surface area contributed by atoms with Gasteiger partial charge in [-0.3, -0.25) is 9.59 Å². The maximum absolute atomic E-state index is 12.7. The fraction of sp³-hybridized carbons (Fsp3) is 0.462. The van der Waals surface area contributed by atoms with E-state index in [2.05, 4.69) is 36.9 Å². The van der Waals surface area contributed by atoms with Gasteiger partial charge >= 0.3 is 0 Å². The van der Waals surface area contributed by atoms with E-state index in [1.807, 2.05) is 24.3 Å². The zero-order valence-corrected chi connectivity index (χ0v) is 20.0. The number of nitrogens with two attached hydrogens (primary N) is 1. The van der Waals surface area contributed by atoms with Crippen LogP contribution >= 0.6 is 0 Å². The van der Waals surface area contributed by atoms with Crippen molar-refractivity contribution in [2.75, 3.05) is 35.3 Å². The SMILES string of the molecule is CC#CC(=O)N1CCC(N2CN(c3ccc(C(=O)NC4CCCCC4)cc3)c3c(N)ncnc32)C1. The van der Waals surface area contributed by atoms with Gasteiger partial charge in [-0.15, -0.1) is 0 Å². The van der Waals surface area contributed by atoms with Gasteiger partial charge in [0.15, 0.2) is 11.6 Å². The number of hydrogen-bond acceptors (Lipinski definition) is 7. The van der Waals surface area contributed by atoms with E-state index in [9.17, 15) is 9.59 Å². The summed E-state index contributed by atoms with van der Waals surface area (Å²) in [5.74, 6) is 6.31. The molecule has 3 aliphatic rings. The summed E-state index contributed by atoms with van der Waals surface area (Å²) >= 11 is 0. The van der Waals surface area contributed by atoms with Crippen molar-refractivity contribution in [3.8, 4) is 11.8 Å². The van der Waals surface area contributed by atoms with Gasteiger partial charge in [-0.05, 0) is 56.4 Å². The monoisotopic (exact) mass is 473 g/mol. The molecule has 3 N–H and O–H groups in total. The highest BCUT2D eigenvalue weighted by Gasteiger charge is 2.38. The highest BCUT2D eigenvalue weighted by Crippen LogP contribution is 2.43. The van der Waals surface area contributed by atoms with E-state index in [4.69, 9.17) is 5.73 Å². The van der Waals surface area contributed by atoms with E-state index in [0.29, 0.717) is 31.1 Å². The van der Waals surface area contributed by atoms with Crippen LogP contribution in [0, 0.1) is 11.8 Å². The van der Waals surface area contributed by atoms with Crippen molar-refractivity contribution in [2.24, 2.45) is 0 Å². The zero-order valence-electron chi connectivity index (χ0n) is 20.0. The summed E-state index contributed by atoms with van der Waals surface area (Å²) in [5.41, 5.74) is 8.60. The molecule has 1 aromatic carbocycles. The number of likely N-dealkylation sites (tertiary alicyclic amines) is 1. The van der Waals surface area contributed by atoms with Crippen LogP contribution in [0.25, 0.3) is 0 Å². The normalized spacial score (nSPS) is 19.8. The number of rotatable bonds is 4. The van der Waals surface area contributed by atoms with Crippen LogP contribution in [0.4, 0.5) is 23.0 Å². The Morgan fingerprint density at radius 3 is 2.60 bits per heavy atom. The molecule has 1 aliphatic carbocycles. The highest BCUT2D eigenvalue weighted by molar-refractivity contribution is 5.95. The Kier molecular flexibility index (Phi) is 6.45. The van der Waals surface area contributed by atoms with Gasteiger partial charge in [-0.1, -0.05) is 25.2 Å². The fourth-order valence-corrected chi connectivity index (χ4v) is 5.32. The quantitative estimate of drug-likeness (QED) is 0.658. The third-order valence-electron chi connectivity index (χ3n) is 7.17. The first-order chi connectivity index (χ1) is 17.0. The molecule has 3 heterocycles. The van der Waals surface area contributed by atoms with Crippen molar-refractivity contribution in [3.63, 3.8) is 0 Å². The van der Waals surface area contributed by atoms with Gasteiger partial charge in [0.05, 0.1) is 12.7 Å². The summed E-state index contributed by atoms with van der Waals surface area (Å²) < 4.78 is 0. The van der Waals surface area contributed by atoms with E-state index in [1.165, 1.54) is 25.6 Å². The molecule has 1 atom stereocenters. The summed E-state index contributed by atoms with van der Waals surface area (Å²) in [7, 11) is 0. The number of fused-ring (bicyclic) bond motifs is 1. The second-order valence-corrected chi connectivity index (χ2v) is 9.39. The number of carbonyl (C=O) groups is 2. The summed E-state index contributed by atoms with van der Waals surface area (Å²) in [6.07, 6.45) is 8.02. The lowest BCUT2D eigenvalue weighted by atomic mass is 9.95. The van der Waals surface area contributed by atoms with Crippen molar-refractivity contribution in [3.05, 3.63) is 36.2 Å². The molecule has 2 fully saturated rings. The van der Waals surface area contributed by atoms with E-state index < -0.39 is 0 Å². The summed E-state index contributed by atoms with van der Waals surface area (Å²) in [6.45, 7) is 3.46. The van der Waals surface area contributed by atoms with Crippen LogP contribution in [-0.2, 0) is 4.79 Å². The molecular weight excluding hydrogens is 442 g/mol. The van der Waals surface area contributed by atoms with Crippen LogP contribution in [0.1, 0.15) is 55.8 Å². The van der Waals surface area contributed by atoms with Crippen LogP contribution in [0.15, 0.2) is 30.6 Å². The van der Waals surface area contributed by atoms with Gasteiger partial charge in [0.25, 0.3) is 11.8 Å². The molecule has 2 aliphatic heterocycles. The second kappa shape index (κ2) is 9.82. The molecule has 1 saturated heterocycles. The lowest BCUT2D eigenvalue weighted by Gasteiger charge is -2.26. The van der Waals surface area contributed by atoms with E-state index >= 15 is 0 Å². The van der Waals surface area contributed by atoms with Crippen LogP contribution in [0.3, 0.4) is 0 Å². The number of aromatic nitrogens is 2. The lowest BCUT2D eigenvalue weighted by Crippen LogP contribution is -2.40. The van der Waals surface area contributed by atoms with Gasteiger partial charge in [0.2, 0.25) is 0 Å². The molecule has 9 heteroatoms. The molecule has 2 amide bonds. The minimum Gasteiger partial charge on any atom is -0.382 e. The number of anilines is 4. The Bertz CT molecular complexity index is 1160. The predicted octanol–water partition coefficient (Wildman–Crippen LogP) is 2.66. The standard InChI is InChI=1S/C26H31N7O2/c1-2-6-22(34)31-14-13-21(15-31)33-17-32(23-24(27)28-16-29-25(23)33)20-11-9-18(10-12-20)26(35)30-19-7-4-3-5-8-19/h9-12,16,19,21H,3-5,7-8,13-15,17H2,1H3,(H,30,35)(H2,27,28,29). The van der Waals surface area contributed by atoms with Gasteiger partial charge < -0.3 is 25.8 Å². The van der Waals surface area contributed by atoms with E-state index in [1.54, 1.807) is 11.8 Å². The number of nitrogens with zero attached hydrogens (tertiary/aromatic N) is 5. The number of nitrogen functional groups attached to an aromatic ring is 1. The molecule has 0 bridgehead atoms. The summed E-state index contributed by atoms with van der Waals surface area (Å²) in [4.78, 5) is 39.8. The van der Waals surface area contributed by atoms with Crippen LogP contribution in [-0.4, -0.2) is 58.5 Å². The lowest BCUT2D eigenvalue weighted by molar-refractivity contribution is -0.124. The maximum atomic E-state index is 12.7. The molecule has 35 heavy (non-hydrogen) atoms. The Balaban J connectivity index is 1.33. The Hall–Kier alpha value is -3.80. The van der Waals surface area contributed by atoms with Gasteiger partial charge in [-0.25, -0.2) is 9.97 Å². The topological polar surface area (TPSA) is 108 Å². The largest absolute Gasteiger partial charge is 0.382 e. The number of carbonyl (C=O) groups excluding carboxylic acids is 2. The number of amides is 2. The van der Waals surface area contributed by atoms with Gasteiger partial charge in [0, 0.05) is 30.4 Å². The van der Waals surface area contributed by atoms with Crippen LogP contribution in [0.5, 0.6) is 0 Å². The second-order valence-electron chi connectivity index (χ2n) is 9.39. The molecule has 0 radical (unpaired) electrons. The first kappa shape index (κ1) is 23.0. The first-order valence-electron chi connectivity index (χ1n) is 12.3. The Labute approximate surface area is 205 Å². The molecule has 9 nitrogen and oxygen atoms in total. The van der Waals surface area contributed by atoms with Gasteiger partial charge in [0.1, 0.15) is 12.0 Å². The minimum absolute atomic E-state index is 0.0272. The number of nitrogens with one attached hydrogen (secondary N) is 1. The van der Waals surface area contributed by atoms with Crippen LogP contribution in [0.2, 0.25) is 0 Å². The van der Waals surface area contributed by atoms with Crippen molar-refractivity contribution < 1.29 is 9.59 Å². The molecule has 1 unspecified atom stereocenters. The smallest absolute Gasteiger partial charge is 0.298 e. The molecule has 1 aromatic heterocycles. The Morgan fingerprint density at radius 1 is 1.09 bits per heavy atom. The third-order valence-corrected chi connectivity index (χ3v) is 7.17. The zero-order chi connectivity index (χ0) is 24.4. The Morgan fingerprint density at radius 2 is 1.86 bits per heavy atom. The third kappa shape index (κ3) is 4.61. The van der Waals surface area contributed by atoms with E-state index in [0.717, 1.165) is 36.5 Å². The molecule has 5 rings (SSSR count). The van der Waals surface area contributed by atoms with Crippen molar-refractivity contribution >= 4 is 34.8 Å². The molecule has 2 aromatic rings. The van der Waals surface area contributed by atoms with Crippen molar-refractivity contribution in [1.82, 2.24) is 20.2 Å². The molecule has 1 saturated carbocycles. The molecule has 0 spiro atoms. The average Bonchev–Trinajstić information content (AvgIpc) is 3.51. The van der Waals surface area contributed by atoms with Gasteiger partial charge in [-0.2, -0.15) is 0 Å². The summed E-state index contributed by atoms with van der Waals surface area (Å²) in [6, 6.07) is 7.97. The minimum atomic E-state index is -0.143. The summed E-state index contributed by atoms with van der Waals surface area (Å²) in [5, 5.41) is 3.17.